The maximum absolute atomic E-state index is 5.50. The summed E-state index contributed by atoms with van der Waals surface area (Å²) in [6, 6.07) is 9.37. The van der Waals surface area contributed by atoms with Crippen molar-refractivity contribution in [1.29, 1.82) is 0 Å². The van der Waals surface area contributed by atoms with Crippen molar-refractivity contribution in [2.45, 2.75) is 39.2 Å². The topological polar surface area (TPSA) is 24.5 Å². The van der Waals surface area contributed by atoms with Crippen LogP contribution < -0.4 is 10.2 Å². The summed E-state index contributed by atoms with van der Waals surface area (Å²) in [5.74, 6) is 0. The van der Waals surface area contributed by atoms with Crippen molar-refractivity contribution in [3.63, 3.8) is 0 Å². The van der Waals surface area contributed by atoms with Crippen LogP contribution in [-0.2, 0) is 4.74 Å². The Kier molecular flexibility index (Phi) is 5.52. The van der Waals surface area contributed by atoms with Gasteiger partial charge in [0.2, 0.25) is 0 Å². The zero-order valence-corrected chi connectivity index (χ0v) is 12.2. The molecule has 1 N–H and O–H groups in total. The molecule has 2 rings (SSSR count). The predicted octanol–water partition coefficient (Wildman–Crippen LogP) is 3.51. The molecule has 1 aliphatic heterocycles. The number of benzene rings is 1. The lowest BCUT2D eigenvalue weighted by molar-refractivity contribution is 0.144. The molecule has 1 unspecified atom stereocenters. The van der Waals surface area contributed by atoms with Crippen LogP contribution >= 0.6 is 0 Å². The van der Waals surface area contributed by atoms with Gasteiger partial charge < -0.3 is 15.0 Å². The van der Waals surface area contributed by atoms with Gasteiger partial charge in [-0.1, -0.05) is 0 Å². The third-order valence-electron chi connectivity index (χ3n) is 3.82. The van der Waals surface area contributed by atoms with Crippen LogP contribution in [0.5, 0.6) is 0 Å². The normalized spacial score (nSPS) is 19.8. The number of nitrogens with one attached hydrogen (secondary N) is 1. The van der Waals surface area contributed by atoms with Gasteiger partial charge in [-0.2, -0.15) is 0 Å². The molecule has 1 heterocycles. The third kappa shape index (κ3) is 4.13. The van der Waals surface area contributed by atoms with Crippen LogP contribution in [0.1, 0.15) is 33.1 Å². The van der Waals surface area contributed by atoms with E-state index in [9.17, 15) is 0 Å². The van der Waals surface area contributed by atoms with Crippen LogP contribution in [0.2, 0.25) is 0 Å². The summed E-state index contributed by atoms with van der Waals surface area (Å²) in [6.07, 6.45) is 3.48. The molecule has 0 amide bonds. The van der Waals surface area contributed by atoms with E-state index in [0.29, 0.717) is 6.04 Å². The van der Waals surface area contributed by atoms with Crippen molar-refractivity contribution < 1.29 is 4.74 Å². The van der Waals surface area contributed by atoms with Gasteiger partial charge in [-0.3, -0.25) is 0 Å². The molecule has 0 aromatic heterocycles. The van der Waals surface area contributed by atoms with Gasteiger partial charge in [-0.05, 0) is 57.4 Å². The van der Waals surface area contributed by atoms with Crippen LogP contribution in [0, 0.1) is 0 Å². The molecule has 3 nitrogen and oxygen atoms in total. The fourth-order valence-electron chi connectivity index (χ4n) is 2.64. The molecule has 1 aliphatic rings. The number of nitrogens with zero attached hydrogens (tertiary/aromatic N) is 1. The quantitative estimate of drug-likeness (QED) is 0.878. The van der Waals surface area contributed by atoms with Crippen molar-refractivity contribution >= 4 is 11.4 Å². The van der Waals surface area contributed by atoms with Gasteiger partial charge >= 0.3 is 0 Å². The summed E-state index contributed by atoms with van der Waals surface area (Å²) in [5, 5.41) is 3.62. The molecule has 19 heavy (non-hydrogen) atoms. The smallest absolute Gasteiger partial charge is 0.0485 e. The Labute approximate surface area is 116 Å². The maximum atomic E-state index is 5.50. The van der Waals surface area contributed by atoms with Gasteiger partial charge in [0.25, 0.3) is 0 Å². The van der Waals surface area contributed by atoms with E-state index in [1.165, 1.54) is 17.8 Å². The van der Waals surface area contributed by atoms with Crippen LogP contribution in [0.3, 0.4) is 0 Å². The van der Waals surface area contributed by atoms with E-state index >= 15 is 0 Å². The minimum atomic E-state index is 0.557. The average Bonchev–Trinajstić information content (AvgIpc) is 2.71. The summed E-state index contributed by atoms with van der Waals surface area (Å²) in [7, 11) is 0. The molecular formula is C16H26N2O. The van der Waals surface area contributed by atoms with Gasteiger partial charge in [-0.15, -0.1) is 0 Å². The lowest BCUT2D eigenvalue weighted by Gasteiger charge is -2.22. The lowest BCUT2D eigenvalue weighted by atomic mass is 10.1. The summed E-state index contributed by atoms with van der Waals surface area (Å²) < 4.78 is 5.50. The summed E-state index contributed by atoms with van der Waals surface area (Å²) >= 11 is 0. The number of hydrogen-bond donors (Lipinski definition) is 1. The first-order chi connectivity index (χ1) is 9.33. The number of ether oxygens (including phenoxy) is 1. The molecule has 106 valence electrons. The van der Waals surface area contributed by atoms with Crippen molar-refractivity contribution in [2.75, 3.05) is 36.5 Å². The lowest BCUT2D eigenvalue weighted by Crippen LogP contribution is -2.22. The maximum Gasteiger partial charge on any atom is 0.0485 e. The number of rotatable bonds is 5. The third-order valence-corrected chi connectivity index (χ3v) is 3.82. The summed E-state index contributed by atoms with van der Waals surface area (Å²) in [4.78, 5) is 2.36. The van der Waals surface area contributed by atoms with Gasteiger partial charge in [-0.25, -0.2) is 0 Å². The minimum Gasteiger partial charge on any atom is -0.382 e. The number of hydrogen-bond acceptors (Lipinski definition) is 3. The summed E-state index contributed by atoms with van der Waals surface area (Å²) in [6.45, 7) is 8.31. The molecule has 0 saturated carbocycles. The first kappa shape index (κ1) is 14.2. The van der Waals surface area contributed by atoms with Crippen LogP contribution in [0.4, 0.5) is 11.4 Å². The van der Waals surface area contributed by atoms with Crippen molar-refractivity contribution in [3.05, 3.63) is 24.3 Å². The molecule has 1 fully saturated rings. The van der Waals surface area contributed by atoms with Crippen LogP contribution in [-0.4, -0.2) is 32.3 Å². The second-order valence-corrected chi connectivity index (χ2v) is 5.10. The summed E-state index contributed by atoms with van der Waals surface area (Å²) in [5.41, 5.74) is 2.53. The van der Waals surface area contributed by atoms with E-state index in [1.54, 1.807) is 0 Å². The molecule has 0 aliphatic carbocycles. The van der Waals surface area contributed by atoms with Gasteiger partial charge in [0.1, 0.15) is 0 Å². The Balaban J connectivity index is 1.94. The van der Waals surface area contributed by atoms with E-state index < -0.39 is 0 Å². The Morgan fingerprint density at radius 2 is 1.84 bits per heavy atom. The standard InChI is InChI=1S/C16H26N2O/c1-3-18(4-2)16-9-7-15(8-10-16)17-14-6-5-12-19-13-11-14/h7-10,14,17H,3-6,11-13H2,1-2H3. The van der Waals surface area contributed by atoms with Crippen molar-refractivity contribution in [3.8, 4) is 0 Å². The van der Waals surface area contributed by atoms with Gasteiger partial charge in [0.15, 0.2) is 0 Å². The highest BCUT2D eigenvalue weighted by Gasteiger charge is 2.12. The molecule has 0 spiro atoms. The van der Waals surface area contributed by atoms with E-state index in [1.807, 2.05) is 0 Å². The largest absolute Gasteiger partial charge is 0.382 e. The van der Waals surface area contributed by atoms with Gasteiger partial charge in [0, 0.05) is 43.7 Å². The molecule has 1 atom stereocenters. The van der Waals surface area contributed by atoms with E-state index in [0.717, 1.165) is 39.1 Å². The zero-order valence-electron chi connectivity index (χ0n) is 12.2. The molecule has 1 saturated heterocycles. The molecule has 0 radical (unpaired) electrons. The molecule has 0 bridgehead atoms. The zero-order chi connectivity index (χ0) is 13.5. The first-order valence-electron chi connectivity index (χ1n) is 7.52. The highest BCUT2D eigenvalue weighted by Crippen LogP contribution is 2.20. The van der Waals surface area contributed by atoms with Gasteiger partial charge in [0.05, 0.1) is 0 Å². The Morgan fingerprint density at radius 3 is 2.53 bits per heavy atom. The highest BCUT2D eigenvalue weighted by atomic mass is 16.5. The first-order valence-corrected chi connectivity index (χ1v) is 7.52. The second-order valence-electron chi connectivity index (χ2n) is 5.10. The fraction of sp³-hybridized carbons (Fsp3) is 0.625. The van der Waals surface area contributed by atoms with E-state index in [2.05, 4.69) is 48.3 Å². The monoisotopic (exact) mass is 262 g/mol. The van der Waals surface area contributed by atoms with Crippen LogP contribution in [0.25, 0.3) is 0 Å². The molecule has 1 aromatic carbocycles. The fourth-order valence-corrected chi connectivity index (χ4v) is 2.64. The Hall–Kier alpha value is -1.22. The van der Waals surface area contributed by atoms with Crippen molar-refractivity contribution in [2.24, 2.45) is 0 Å². The highest BCUT2D eigenvalue weighted by molar-refractivity contribution is 5.55. The Morgan fingerprint density at radius 1 is 1.11 bits per heavy atom. The SMILES string of the molecule is CCN(CC)c1ccc(NC2CCCOCC2)cc1. The van der Waals surface area contributed by atoms with E-state index in [4.69, 9.17) is 4.74 Å². The van der Waals surface area contributed by atoms with Crippen molar-refractivity contribution in [1.82, 2.24) is 0 Å². The predicted molar refractivity (Wildman–Crippen MR) is 82.1 cm³/mol. The molecular weight excluding hydrogens is 236 g/mol. The Bertz CT molecular complexity index is 352. The molecule has 3 heteroatoms. The van der Waals surface area contributed by atoms with Crippen LogP contribution in [0.15, 0.2) is 24.3 Å². The molecule has 1 aromatic rings. The average molecular weight is 262 g/mol. The minimum absolute atomic E-state index is 0.557. The number of anilines is 2. The second kappa shape index (κ2) is 7.39. The van der Waals surface area contributed by atoms with E-state index in [-0.39, 0.29) is 0 Å².